The van der Waals surface area contributed by atoms with Crippen LogP contribution in [0.4, 0.5) is 0 Å². The van der Waals surface area contributed by atoms with E-state index < -0.39 is 0 Å². The average molecular weight is 318 g/mol. The molecular formula is C10H6Br2O2. The lowest BCUT2D eigenvalue weighted by Crippen LogP contribution is -1.80. The summed E-state index contributed by atoms with van der Waals surface area (Å²) in [5.74, 6) is -0.286. The third-order valence-corrected chi connectivity index (χ3v) is 3.65. The topological polar surface area (TPSA) is 40.5 Å². The van der Waals surface area contributed by atoms with E-state index in [0.29, 0.717) is 8.95 Å². The lowest BCUT2D eigenvalue weighted by Gasteiger charge is -2.08. The molecule has 0 saturated heterocycles. The van der Waals surface area contributed by atoms with E-state index in [0.717, 1.165) is 10.8 Å². The van der Waals surface area contributed by atoms with Crippen LogP contribution in [0.1, 0.15) is 0 Å². The highest BCUT2D eigenvalue weighted by atomic mass is 79.9. The van der Waals surface area contributed by atoms with Gasteiger partial charge in [0.05, 0.1) is 8.95 Å². The Morgan fingerprint density at radius 3 is 1.50 bits per heavy atom. The van der Waals surface area contributed by atoms with Crippen molar-refractivity contribution in [3.8, 4) is 11.5 Å². The Morgan fingerprint density at radius 1 is 0.786 bits per heavy atom. The van der Waals surface area contributed by atoms with Gasteiger partial charge in [0.15, 0.2) is 11.5 Å². The summed E-state index contributed by atoms with van der Waals surface area (Å²) in [6, 6.07) is 7.47. The van der Waals surface area contributed by atoms with E-state index in [1.54, 1.807) is 0 Å². The number of aromatic hydroxyl groups is 2. The number of benzene rings is 2. The van der Waals surface area contributed by atoms with Gasteiger partial charge in [-0.25, -0.2) is 0 Å². The maximum Gasteiger partial charge on any atom is 0.173 e. The molecular weight excluding hydrogens is 312 g/mol. The minimum absolute atomic E-state index is 0.143. The maximum atomic E-state index is 9.56. The largest absolute Gasteiger partial charge is 0.503 e. The smallest absolute Gasteiger partial charge is 0.173 e. The molecule has 2 rings (SSSR count). The minimum atomic E-state index is -0.143. The Hall–Kier alpha value is -0.740. The molecule has 2 nitrogen and oxygen atoms in total. The van der Waals surface area contributed by atoms with Crippen molar-refractivity contribution in [1.82, 2.24) is 0 Å². The molecule has 0 bridgehead atoms. The van der Waals surface area contributed by atoms with Crippen LogP contribution >= 0.6 is 31.9 Å². The number of phenolic OH excluding ortho intramolecular Hbond substituents is 2. The van der Waals surface area contributed by atoms with Crippen LogP contribution in [0.15, 0.2) is 33.2 Å². The van der Waals surface area contributed by atoms with Crippen LogP contribution in [0.3, 0.4) is 0 Å². The lowest BCUT2D eigenvalue weighted by molar-refractivity contribution is 0.400. The van der Waals surface area contributed by atoms with Crippen LogP contribution in [0.25, 0.3) is 10.8 Å². The number of hydrogen-bond acceptors (Lipinski definition) is 2. The summed E-state index contributed by atoms with van der Waals surface area (Å²) in [5.41, 5.74) is 0. The van der Waals surface area contributed by atoms with Crippen molar-refractivity contribution in [2.24, 2.45) is 0 Å². The summed E-state index contributed by atoms with van der Waals surface area (Å²) in [4.78, 5) is 0. The molecule has 14 heavy (non-hydrogen) atoms. The highest BCUT2D eigenvalue weighted by molar-refractivity contribution is 9.11. The van der Waals surface area contributed by atoms with E-state index in [9.17, 15) is 10.2 Å². The monoisotopic (exact) mass is 316 g/mol. The molecule has 2 aromatic carbocycles. The number of halogens is 2. The Morgan fingerprint density at radius 2 is 1.14 bits per heavy atom. The van der Waals surface area contributed by atoms with Gasteiger partial charge in [0, 0.05) is 10.8 Å². The summed E-state index contributed by atoms with van der Waals surface area (Å²) in [6.45, 7) is 0. The van der Waals surface area contributed by atoms with Crippen molar-refractivity contribution in [2.75, 3.05) is 0 Å². The van der Waals surface area contributed by atoms with Crippen molar-refractivity contribution in [1.29, 1.82) is 0 Å². The summed E-state index contributed by atoms with van der Waals surface area (Å²) < 4.78 is 1.02. The fourth-order valence-corrected chi connectivity index (χ4v) is 2.40. The third-order valence-electron chi connectivity index (χ3n) is 2.04. The molecule has 0 aliphatic rings. The zero-order chi connectivity index (χ0) is 10.3. The first-order valence-corrected chi connectivity index (χ1v) is 5.49. The van der Waals surface area contributed by atoms with Crippen LogP contribution in [0, 0.1) is 0 Å². The molecule has 0 spiro atoms. The molecule has 2 N–H and O–H groups in total. The molecule has 0 aliphatic carbocycles. The molecule has 0 amide bonds. The van der Waals surface area contributed by atoms with Gasteiger partial charge in [-0.05, 0) is 31.9 Å². The summed E-state index contributed by atoms with van der Waals surface area (Å²) in [6.07, 6.45) is 0. The van der Waals surface area contributed by atoms with E-state index in [4.69, 9.17) is 0 Å². The van der Waals surface area contributed by atoms with Crippen LogP contribution in [-0.2, 0) is 0 Å². The second-order valence-electron chi connectivity index (χ2n) is 2.87. The van der Waals surface area contributed by atoms with Gasteiger partial charge >= 0.3 is 0 Å². The fraction of sp³-hybridized carbons (Fsp3) is 0. The van der Waals surface area contributed by atoms with E-state index in [1.165, 1.54) is 0 Å². The van der Waals surface area contributed by atoms with Crippen LogP contribution in [0.2, 0.25) is 0 Å². The molecule has 0 radical (unpaired) electrons. The van der Waals surface area contributed by atoms with Crippen molar-refractivity contribution >= 4 is 42.6 Å². The van der Waals surface area contributed by atoms with Crippen molar-refractivity contribution in [2.45, 2.75) is 0 Å². The standard InChI is InChI=1S/C10H6Br2O2/c11-7-5-3-1-2-4-6(5)8(12)10(14)9(7)13/h1-4,13-14H. The first kappa shape index (κ1) is 9.80. The Kier molecular flexibility index (Phi) is 2.41. The zero-order valence-electron chi connectivity index (χ0n) is 6.96. The molecule has 0 atom stereocenters. The Labute approximate surface area is 97.4 Å². The molecule has 0 aromatic heterocycles. The quantitative estimate of drug-likeness (QED) is 0.726. The normalized spacial score (nSPS) is 10.7. The van der Waals surface area contributed by atoms with Crippen LogP contribution in [0.5, 0.6) is 11.5 Å². The van der Waals surface area contributed by atoms with Crippen molar-refractivity contribution < 1.29 is 10.2 Å². The summed E-state index contributed by atoms with van der Waals surface area (Å²) in [7, 11) is 0. The molecule has 0 unspecified atom stereocenters. The molecule has 0 aliphatic heterocycles. The molecule has 0 saturated carbocycles. The number of phenols is 2. The number of hydrogen-bond donors (Lipinski definition) is 2. The van der Waals surface area contributed by atoms with E-state index in [-0.39, 0.29) is 11.5 Å². The molecule has 4 heteroatoms. The average Bonchev–Trinajstić information content (AvgIpc) is 2.23. The summed E-state index contributed by atoms with van der Waals surface area (Å²) >= 11 is 6.47. The van der Waals surface area contributed by atoms with Gasteiger partial charge < -0.3 is 10.2 Å². The first-order chi connectivity index (χ1) is 6.63. The third kappa shape index (κ3) is 1.29. The minimum Gasteiger partial charge on any atom is -0.503 e. The van der Waals surface area contributed by atoms with Gasteiger partial charge in [-0.1, -0.05) is 24.3 Å². The predicted octanol–water partition coefficient (Wildman–Crippen LogP) is 3.78. The predicted molar refractivity (Wildman–Crippen MR) is 62.7 cm³/mol. The van der Waals surface area contributed by atoms with E-state index in [2.05, 4.69) is 31.9 Å². The van der Waals surface area contributed by atoms with Gasteiger partial charge in [0.25, 0.3) is 0 Å². The maximum absolute atomic E-state index is 9.56. The summed E-state index contributed by atoms with van der Waals surface area (Å²) in [5, 5.41) is 20.8. The second-order valence-corrected chi connectivity index (χ2v) is 4.46. The van der Waals surface area contributed by atoms with Crippen LogP contribution < -0.4 is 0 Å². The molecule has 72 valence electrons. The van der Waals surface area contributed by atoms with Gasteiger partial charge in [-0.2, -0.15) is 0 Å². The van der Waals surface area contributed by atoms with Crippen molar-refractivity contribution in [3.63, 3.8) is 0 Å². The van der Waals surface area contributed by atoms with Gasteiger partial charge in [0.1, 0.15) is 0 Å². The lowest BCUT2D eigenvalue weighted by atomic mass is 10.1. The van der Waals surface area contributed by atoms with Crippen LogP contribution in [-0.4, -0.2) is 10.2 Å². The van der Waals surface area contributed by atoms with Gasteiger partial charge in [0.2, 0.25) is 0 Å². The molecule has 0 heterocycles. The van der Waals surface area contributed by atoms with E-state index >= 15 is 0 Å². The Bertz CT molecular complexity index is 462. The first-order valence-electron chi connectivity index (χ1n) is 3.90. The van der Waals surface area contributed by atoms with Crippen molar-refractivity contribution in [3.05, 3.63) is 33.2 Å². The zero-order valence-corrected chi connectivity index (χ0v) is 10.1. The van der Waals surface area contributed by atoms with E-state index in [1.807, 2.05) is 24.3 Å². The molecule has 2 aromatic rings. The second kappa shape index (κ2) is 3.44. The Balaban J connectivity index is 3.02. The van der Waals surface area contributed by atoms with Gasteiger partial charge in [-0.15, -0.1) is 0 Å². The van der Waals surface area contributed by atoms with Gasteiger partial charge in [-0.3, -0.25) is 0 Å². The number of fused-ring (bicyclic) bond motifs is 1. The highest BCUT2D eigenvalue weighted by Crippen LogP contribution is 2.45. The fourth-order valence-electron chi connectivity index (χ4n) is 1.33. The molecule has 0 fully saturated rings. The SMILES string of the molecule is Oc1c(O)c(Br)c2ccccc2c1Br. The number of rotatable bonds is 0. The highest BCUT2D eigenvalue weighted by Gasteiger charge is 2.14.